The molecule has 0 atom stereocenters. The molecule has 0 unspecified atom stereocenters. The molecule has 0 saturated heterocycles. The first-order chi connectivity index (χ1) is 24.7. The van der Waals surface area contributed by atoms with Gasteiger partial charge in [-0.05, 0) is 105 Å². The van der Waals surface area contributed by atoms with Gasteiger partial charge in [-0.25, -0.2) is 9.97 Å². The third-order valence-electron chi connectivity index (χ3n) is 10.2. The van der Waals surface area contributed by atoms with Crippen molar-refractivity contribution in [3.8, 4) is 44.3 Å². The summed E-state index contributed by atoms with van der Waals surface area (Å²) in [6.45, 7) is 0. The largest absolute Gasteiger partial charge is 0.436 e. The number of hydrogen-bond donors (Lipinski definition) is 0. The third-order valence-corrected chi connectivity index (χ3v) is 12.4. The Labute approximate surface area is 296 Å². The summed E-state index contributed by atoms with van der Waals surface area (Å²) in [5.74, 6) is 0.605. The van der Waals surface area contributed by atoms with Crippen LogP contribution in [0.1, 0.15) is 22.3 Å². The van der Waals surface area contributed by atoms with Gasteiger partial charge in [0.05, 0.1) is 15.6 Å². The molecule has 3 nitrogen and oxygen atoms in total. The molecule has 1 aliphatic carbocycles. The van der Waals surface area contributed by atoms with E-state index in [0.717, 1.165) is 43.9 Å². The number of nitrogens with zero attached hydrogens (tertiary/aromatic N) is 2. The van der Waals surface area contributed by atoms with Crippen LogP contribution in [0.2, 0.25) is 0 Å². The molecule has 3 heterocycles. The number of thiazole rings is 1. The van der Waals surface area contributed by atoms with Crippen LogP contribution in [0.25, 0.3) is 65.6 Å². The van der Waals surface area contributed by atoms with Gasteiger partial charge in [-0.3, -0.25) is 0 Å². The first kappa shape index (κ1) is 28.1. The van der Waals surface area contributed by atoms with Crippen LogP contribution in [0.3, 0.4) is 0 Å². The van der Waals surface area contributed by atoms with Crippen LogP contribution in [0.4, 0.5) is 0 Å². The standard InChI is InChI=1S/C45H26N2OS2/c1-2-12-33-31(11-1)32-26-27(21-22-34(32)45(33)35-13-3-8-18-40(35)49-41-19-9-4-14-36(41)45)28-23-29(43-46-37-15-5-7-17-39(37)48-43)25-30(24-28)44-47-38-16-6-10-20-42(38)50-44/h1-26H. The number of oxazole rings is 1. The summed E-state index contributed by atoms with van der Waals surface area (Å²) in [5.41, 5.74) is 14.3. The fraction of sp³-hybridized carbons (Fsp3) is 0.0222. The molecule has 2 aliphatic rings. The summed E-state index contributed by atoms with van der Waals surface area (Å²) in [4.78, 5) is 12.6. The van der Waals surface area contributed by atoms with Gasteiger partial charge in [0, 0.05) is 20.9 Å². The number of hydrogen-bond acceptors (Lipinski definition) is 5. The zero-order valence-electron chi connectivity index (χ0n) is 26.6. The van der Waals surface area contributed by atoms with Crippen LogP contribution in [0, 0.1) is 0 Å². The Morgan fingerprint density at radius 3 is 1.90 bits per heavy atom. The van der Waals surface area contributed by atoms with Gasteiger partial charge < -0.3 is 4.42 Å². The van der Waals surface area contributed by atoms with Crippen LogP contribution in [0.5, 0.6) is 0 Å². The minimum atomic E-state index is -0.394. The quantitative estimate of drug-likeness (QED) is 0.187. The molecule has 11 rings (SSSR count). The van der Waals surface area contributed by atoms with Crippen molar-refractivity contribution in [1.29, 1.82) is 0 Å². The lowest BCUT2D eigenvalue weighted by atomic mass is 9.67. The summed E-state index contributed by atoms with van der Waals surface area (Å²) < 4.78 is 7.50. The molecule has 9 aromatic rings. The fourth-order valence-electron chi connectivity index (χ4n) is 8.07. The van der Waals surface area contributed by atoms with Crippen molar-refractivity contribution in [2.45, 2.75) is 15.2 Å². The molecule has 0 saturated carbocycles. The van der Waals surface area contributed by atoms with Crippen molar-refractivity contribution < 1.29 is 4.42 Å². The van der Waals surface area contributed by atoms with Gasteiger partial charge in [0.2, 0.25) is 5.89 Å². The fourth-order valence-corrected chi connectivity index (χ4v) is 10.2. The smallest absolute Gasteiger partial charge is 0.227 e. The highest BCUT2D eigenvalue weighted by Gasteiger charge is 2.50. The predicted molar refractivity (Wildman–Crippen MR) is 205 cm³/mol. The Kier molecular flexibility index (Phi) is 5.98. The molecule has 0 bridgehead atoms. The van der Waals surface area contributed by atoms with Crippen molar-refractivity contribution in [2.24, 2.45) is 0 Å². The van der Waals surface area contributed by atoms with E-state index in [2.05, 4.69) is 127 Å². The number of benzene rings is 7. The molecule has 2 aromatic heterocycles. The first-order valence-electron chi connectivity index (χ1n) is 16.7. The van der Waals surface area contributed by atoms with Crippen LogP contribution in [-0.4, -0.2) is 9.97 Å². The van der Waals surface area contributed by atoms with E-state index in [1.165, 1.54) is 47.9 Å². The zero-order chi connectivity index (χ0) is 32.8. The van der Waals surface area contributed by atoms with Crippen molar-refractivity contribution in [3.63, 3.8) is 0 Å². The van der Waals surface area contributed by atoms with Gasteiger partial charge >= 0.3 is 0 Å². The molecule has 7 aromatic carbocycles. The normalized spacial score (nSPS) is 13.7. The highest BCUT2D eigenvalue weighted by atomic mass is 32.2. The molecule has 0 radical (unpaired) electrons. The molecular formula is C45H26N2OS2. The van der Waals surface area contributed by atoms with E-state index < -0.39 is 5.41 Å². The minimum Gasteiger partial charge on any atom is -0.436 e. The number of para-hydroxylation sites is 3. The van der Waals surface area contributed by atoms with Gasteiger partial charge in [0.1, 0.15) is 10.5 Å². The molecule has 0 amide bonds. The van der Waals surface area contributed by atoms with Crippen LogP contribution in [0.15, 0.2) is 172 Å². The average Bonchev–Trinajstić information content (AvgIpc) is 3.89. The maximum atomic E-state index is 6.33. The second-order valence-electron chi connectivity index (χ2n) is 12.9. The number of aromatic nitrogens is 2. The summed E-state index contributed by atoms with van der Waals surface area (Å²) in [7, 11) is 0. The van der Waals surface area contributed by atoms with Crippen LogP contribution < -0.4 is 0 Å². The van der Waals surface area contributed by atoms with E-state index in [1.807, 2.05) is 42.1 Å². The molecule has 234 valence electrons. The Bertz CT molecular complexity index is 2620. The topological polar surface area (TPSA) is 38.9 Å². The molecule has 50 heavy (non-hydrogen) atoms. The van der Waals surface area contributed by atoms with E-state index in [0.29, 0.717) is 5.89 Å². The number of rotatable bonds is 3. The molecule has 1 spiro atoms. The lowest BCUT2D eigenvalue weighted by molar-refractivity contribution is 0.620. The molecule has 0 N–H and O–H groups in total. The van der Waals surface area contributed by atoms with Crippen molar-refractivity contribution >= 4 is 44.4 Å². The van der Waals surface area contributed by atoms with Gasteiger partial charge in [-0.2, -0.15) is 0 Å². The van der Waals surface area contributed by atoms with E-state index >= 15 is 0 Å². The molecule has 5 heteroatoms. The Morgan fingerprint density at radius 2 is 1.10 bits per heavy atom. The Balaban J connectivity index is 1.15. The molecule has 0 fully saturated rings. The van der Waals surface area contributed by atoms with Gasteiger partial charge in [0.25, 0.3) is 0 Å². The summed E-state index contributed by atoms with van der Waals surface area (Å²) in [6, 6.07) is 56.8. The van der Waals surface area contributed by atoms with E-state index in [4.69, 9.17) is 14.4 Å². The maximum absolute atomic E-state index is 6.33. The molecular weight excluding hydrogens is 649 g/mol. The monoisotopic (exact) mass is 674 g/mol. The Hall–Kier alpha value is -5.75. The van der Waals surface area contributed by atoms with Gasteiger partial charge in [0.15, 0.2) is 5.58 Å². The van der Waals surface area contributed by atoms with Crippen molar-refractivity contribution in [1.82, 2.24) is 9.97 Å². The SMILES string of the molecule is c1ccc2c(c1)Sc1ccccc1C21c2ccccc2-c2cc(-c3cc(-c4nc5ccccc5o4)cc(-c4nc5ccccc5s4)c3)ccc21. The predicted octanol–water partition coefficient (Wildman–Crippen LogP) is 12.3. The van der Waals surface area contributed by atoms with E-state index in [9.17, 15) is 0 Å². The molecule has 1 aliphatic heterocycles. The summed E-state index contributed by atoms with van der Waals surface area (Å²) in [6.07, 6.45) is 0. The van der Waals surface area contributed by atoms with Crippen molar-refractivity contribution in [2.75, 3.05) is 0 Å². The number of fused-ring (bicyclic) bond motifs is 11. The van der Waals surface area contributed by atoms with Crippen LogP contribution >= 0.6 is 23.1 Å². The highest BCUT2D eigenvalue weighted by molar-refractivity contribution is 7.99. The highest BCUT2D eigenvalue weighted by Crippen LogP contribution is 2.62. The van der Waals surface area contributed by atoms with Gasteiger partial charge in [-0.1, -0.05) is 109 Å². The maximum Gasteiger partial charge on any atom is 0.227 e. The zero-order valence-corrected chi connectivity index (χ0v) is 28.3. The second-order valence-corrected chi connectivity index (χ2v) is 15.0. The van der Waals surface area contributed by atoms with Gasteiger partial charge in [-0.15, -0.1) is 11.3 Å². The lowest BCUT2D eigenvalue weighted by Gasteiger charge is -2.39. The third kappa shape index (κ3) is 3.99. The first-order valence-corrected chi connectivity index (χ1v) is 18.4. The lowest BCUT2D eigenvalue weighted by Crippen LogP contribution is -2.31. The Morgan fingerprint density at radius 1 is 0.460 bits per heavy atom. The van der Waals surface area contributed by atoms with Crippen LogP contribution in [-0.2, 0) is 5.41 Å². The second kappa shape index (κ2) is 10.6. The summed E-state index contributed by atoms with van der Waals surface area (Å²) >= 11 is 3.59. The van der Waals surface area contributed by atoms with Crippen molar-refractivity contribution in [3.05, 3.63) is 180 Å². The summed E-state index contributed by atoms with van der Waals surface area (Å²) in [5, 5.41) is 0.976. The average molecular weight is 675 g/mol. The minimum absolute atomic E-state index is 0.394. The van der Waals surface area contributed by atoms with E-state index in [-0.39, 0.29) is 0 Å². The van der Waals surface area contributed by atoms with E-state index in [1.54, 1.807) is 11.3 Å².